The SMILES string of the molecule is Cn1c(CN2CC[C@](C)(O)C(C)(C)C2)cc2ccccc21. The number of aryl methyl sites for hydroxylation is 1. The number of fused-ring (bicyclic) bond motifs is 1. The molecule has 1 saturated heterocycles. The molecule has 0 amide bonds. The van der Waals surface area contributed by atoms with Gasteiger partial charge in [-0.1, -0.05) is 32.0 Å². The van der Waals surface area contributed by atoms with Crippen LogP contribution in [0.3, 0.4) is 0 Å². The fourth-order valence-corrected chi connectivity index (χ4v) is 3.38. The fraction of sp³-hybridized carbons (Fsp3) is 0.556. The van der Waals surface area contributed by atoms with Crippen molar-refractivity contribution < 1.29 is 5.11 Å². The third-order valence-electron chi connectivity index (χ3n) is 5.43. The smallest absolute Gasteiger partial charge is 0.0694 e. The standard InChI is InChI=1S/C18H26N2O/c1-17(2)13-20(10-9-18(17,3)21)12-15-11-14-7-5-6-8-16(14)19(15)4/h5-8,11,21H,9-10,12-13H2,1-4H3/t18-/m0/s1. The summed E-state index contributed by atoms with van der Waals surface area (Å²) in [4.78, 5) is 2.46. The number of likely N-dealkylation sites (tertiary alicyclic amines) is 1. The van der Waals surface area contributed by atoms with Crippen LogP contribution in [0.1, 0.15) is 32.9 Å². The predicted molar refractivity (Wildman–Crippen MR) is 87.2 cm³/mol. The minimum Gasteiger partial charge on any atom is -0.390 e. The second-order valence-corrected chi connectivity index (χ2v) is 7.37. The number of para-hydroxylation sites is 1. The fourth-order valence-electron chi connectivity index (χ4n) is 3.38. The van der Waals surface area contributed by atoms with Gasteiger partial charge in [0.15, 0.2) is 0 Å². The first-order valence-electron chi connectivity index (χ1n) is 7.78. The number of hydrogen-bond acceptors (Lipinski definition) is 2. The molecule has 1 N–H and O–H groups in total. The van der Waals surface area contributed by atoms with Gasteiger partial charge < -0.3 is 9.67 Å². The molecule has 1 aliphatic heterocycles. The average molecular weight is 286 g/mol. The second kappa shape index (κ2) is 4.85. The van der Waals surface area contributed by atoms with E-state index in [1.165, 1.54) is 16.6 Å². The molecule has 1 aromatic carbocycles. The maximum absolute atomic E-state index is 10.5. The van der Waals surface area contributed by atoms with E-state index in [0.29, 0.717) is 0 Å². The quantitative estimate of drug-likeness (QED) is 0.918. The first-order valence-corrected chi connectivity index (χ1v) is 7.78. The van der Waals surface area contributed by atoms with Crippen LogP contribution in [0.25, 0.3) is 10.9 Å². The number of nitrogens with zero attached hydrogens (tertiary/aromatic N) is 2. The largest absolute Gasteiger partial charge is 0.390 e. The zero-order valence-corrected chi connectivity index (χ0v) is 13.6. The lowest BCUT2D eigenvalue weighted by Crippen LogP contribution is -2.55. The third-order valence-corrected chi connectivity index (χ3v) is 5.43. The Bertz CT molecular complexity index is 654. The Morgan fingerprint density at radius 1 is 1.19 bits per heavy atom. The highest BCUT2D eigenvalue weighted by Crippen LogP contribution is 2.38. The van der Waals surface area contributed by atoms with Crippen molar-refractivity contribution in [2.75, 3.05) is 13.1 Å². The van der Waals surface area contributed by atoms with E-state index < -0.39 is 5.60 Å². The Morgan fingerprint density at radius 2 is 1.90 bits per heavy atom. The molecule has 3 rings (SSSR count). The lowest BCUT2D eigenvalue weighted by atomic mass is 9.71. The number of aromatic nitrogens is 1. The third kappa shape index (κ3) is 2.49. The van der Waals surface area contributed by atoms with E-state index in [1.807, 2.05) is 6.92 Å². The van der Waals surface area contributed by atoms with Gasteiger partial charge in [-0.15, -0.1) is 0 Å². The van der Waals surface area contributed by atoms with Gasteiger partial charge in [-0.05, 0) is 30.9 Å². The molecule has 114 valence electrons. The van der Waals surface area contributed by atoms with Crippen molar-refractivity contribution in [1.82, 2.24) is 9.47 Å². The lowest BCUT2D eigenvalue weighted by Gasteiger charge is -2.48. The van der Waals surface area contributed by atoms with Crippen LogP contribution in [0.15, 0.2) is 30.3 Å². The van der Waals surface area contributed by atoms with E-state index in [-0.39, 0.29) is 5.41 Å². The van der Waals surface area contributed by atoms with Gasteiger partial charge in [-0.2, -0.15) is 0 Å². The molecule has 0 spiro atoms. The highest BCUT2D eigenvalue weighted by Gasteiger charge is 2.43. The van der Waals surface area contributed by atoms with Crippen LogP contribution in [0, 0.1) is 5.41 Å². The molecular formula is C18H26N2O. The van der Waals surface area contributed by atoms with Gasteiger partial charge in [0.1, 0.15) is 0 Å². The highest BCUT2D eigenvalue weighted by molar-refractivity contribution is 5.81. The maximum Gasteiger partial charge on any atom is 0.0694 e. The molecule has 2 heterocycles. The van der Waals surface area contributed by atoms with Crippen LogP contribution in [0.2, 0.25) is 0 Å². The summed E-state index contributed by atoms with van der Waals surface area (Å²) in [5.74, 6) is 0. The molecule has 1 aromatic heterocycles. The van der Waals surface area contributed by atoms with Crippen LogP contribution >= 0.6 is 0 Å². The van der Waals surface area contributed by atoms with Gasteiger partial charge >= 0.3 is 0 Å². The number of aliphatic hydroxyl groups is 1. The first-order chi connectivity index (χ1) is 9.80. The molecule has 0 unspecified atom stereocenters. The predicted octanol–water partition coefficient (Wildman–Crippen LogP) is 3.16. The van der Waals surface area contributed by atoms with Crippen molar-refractivity contribution in [1.29, 1.82) is 0 Å². The van der Waals surface area contributed by atoms with E-state index in [0.717, 1.165) is 26.1 Å². The summed E-state index contributed by atoms with van der Waals surface area (Å²) in [7, 11) is 2.14. The molecule has 2 aromatic rings. The minimum absolute atomic E-state index is 0.0736. The Balaban J connectivity index is 1.82. The Hall–Kier alpha value is -1.32. The maximum atomic E-state index is 10.5. The molecule has 21 heavy (non-hydrogen) atoms. The van der Waals surface area contributed by atoms with Crippen LogP contribution < -0.4 is 0 Å². The lowest BCUT2D eigenvalue weighted by molar-refractivity contribution is -0.107. The molecule has 3 nitrogen and oxygen atoms in total. The number of rotatable bonds is 2. The second-order valence-electron chi connectivity index (χ2n) is 7.37. The van der Waals surface area contributed by atoms with Gasteiger partial charge in [0.25, 0.3) is 0 Å². The van der Waals surface area contributed by atoms with E-state index in [1.54, 1.807) is 0 Å². The number of hydrogen-bond donors (Lipinski definition) is 1. The van der Waals surface area contributed by atoms with Crippen molar-refractivity contribution in [3.8, 4) is 0 Å². The van der Waals surface area contributed by atoms with Crippen LogP contribution in [0.4, 0.5) is 0 Å². The molecule has 1 fully saturated rings. The monoisotopic (exact) mass is 286 g/mol. The van der Waals surface area contributed by atoms with Crippen molar-refractivity contribution in [2.45, 2.75) is 39.3 Å². The summed E-state index contributed by atoms with van der Waals surface area (Å²) >= 11 is 0. The van der Waals surface area contributed by atoms with E-state index in [4.69, 9.17) is 0 Å². The molecule has 0 saturated carbocycles. The van der Waals surface area contributed by atoms with Crippen molar-refractivity contribution in [3.05, 3.63) is 36.0 Å². The van der Waals surface area contributed by atoms with Crippen molar-refractivity contribution in [2.24, 2.45) is 12.5 Å². The molecular weight excluding hydrogens is 260 g/mol. The summed E-state index contributed by atoms with van der Waals surface area (Å²) in [6.07, 6.45) is 0.837. The molecule has 0 bridgehead atoms. The Morgan fingerprint density at radius 3 is 2.57 bits per heavy atom. The van der Waals surface area contributed by atoms with Gasteiger partial charge in [-0.25, -0.2) is 0 Å². The number of benzene rings is 1. The van der Waals surface area contributed by atoms with Gasteiger partial charge in [0.2, 0.25) is 0 Å². The minimum atomic E-state index is -0.567. The van der Waals surface area contributed by atoms with Crippen molar-refractivity contribution in [3.63, 3.8) is 0 Å². The summed E-state index contributed by atoms with van der Waals surface area (Å²) in [6.45, 7) is 9.15. The Labute approximate surface area is 127 Å². The first kappa shape index (κ1) is 14.6. The van der Waals surface area contributed by atoms with E-state index >= 15 is 0 Å². The summed E-state index contributed by atoms with van der Waals surface area (Å²) in [5.41, 5.74) is 1.99. The van der Waals surface area contributed by atoms with Crippen LogP contribution in [0.5, 0.6) is 0 Å². The summed E-state index contributed by atoms with van der Waals surface area (Å²) in [5, 5.41) is 11.8. The highest BCUT2D eigenvalue weighted by atomic mass is 16.3. The van der Waals surface area contributed by atoms with E-state index in [2.05, 4.69) is 60.7 Å². The van der Waals surface area contributed by atoms with Gasteiger partial charge in [-0.3, -0.25) is 4.90 Å². The molecule has 0 radical (unpaired) electrons. The van der Waals surface area contributed by atoms with E-state index in [9.17, 15) is 5.11 Å². The topological polar surface area (TPSA) is 28.4 Å². The van der Waals surface area contributed by atoms with Crippen molar-refractivity contribution >= 4 is 10.9 Å². The summed E-state index contributed by atoms with van der Waals surface area (Å²) in [6, 6.07) is 10.8. The number of piperidine rings is 1. The molecule has 0 aliphatic carbocycles. The molecule has 1 aliphatic rings. The van der Waals surface area contributed by atoms with Crippen LogP contribution in [-0.2, 0) is 13.6 Å². The van der Waals surface area contributed by atoms with Gasteiger partial charge in [0.05, 0.1) is 5.60 Å². The zero-order chi connectivity index (χ0) is 15.3. The normalized spacial score (nSPS) is 26.3. The average Bonchev–Trinajstić information content (AvgIpc) is 2.72. The molecule has 3 heteroatoms. The van der Waals surface area contributed by atoms with Crippen LogP contribution in [-0.4, -0.2) is 33.3 Å². The summed E-state index contributed by atoms with van der Waals surface area (Å²) < 4.78 is 2.29. The zero-order valence-electron chi connectivity index (χ0n) is 13.6. The van der Waals surface area contributed by atoms with Gasteiger partial charge in [0, 0.05) is 43.3 Å². The Kier molecular flexibility index (Phi) is 3.38. The molecule has 1 atom stereocenters.